The van der Waals surface area contributed by atoms with E-state index in [9.17, 15) is 4.39 Å². The van der Waals surface area contributed by atoms with E-state index in [1.54, 1.807) is 4.68 Å². The second kappa shape index (κ2) is 7.22. The molecule has 182 valence electrons. The molecule has 0 bridgehead atoms. The Morgan fingerprint density at radius 2 is 1.85 bits per heavy atom. The Morgan fingerprint density at radius 3 is 2.56 bits per heavy atom. The van der Waals surface area contributed by atoms with E-state index in [1.165, 1.54) is 0 Å². The molecule has 3 aliphatic heterocycles. The summed E-state index contributed by atoms with van der Waals surface area (Å²) < 4.78 is 22.6. The Hall–Kier alpha value is -3.05. The van der Waals surface area contributed by atoms with Gasteiger partial charge in [-0.1, -0.05) is 0 Å². The van der Waals surface area contributed by atoms with E-state index in [2.05, 4.69) is 64.2 Å². The number of piperidine rings is 1. The van der Waals surface area contributed by atoms with Crippen LogP contribution in [0.2, 0.25) is 0 Å². The second-order valence-corrected chi connectivity index (χ2v) is 11.2. The summed E-state index contributed by atoms with van der Waals surface area (Å²) in [7, 11) is 0. The monoisotopic (exact) mass is 469 g/mol. The fraction of sp³-hybridized carbons (Fsp3) is 0.565. The highest BCUT2D eigenvalue weighted by atomic mass is 19.1. The molecule has 0 radical (unpaired) electrons. The number of benzene rings is 1. The molecular formula is C23H32FN9O. The Balaban J connectivity index is 1.43. The standard InChI is InChI=1S/C23H32FN9O/c1-20(2)10-14(11-21(3,4)30-20)27-18-15(24)12-26-23(25,28-18)13-7-8-17-16(9-13)33-19(29-31-32-33)22(5,6)34-17/h7-9,12,14,27-28,30H,10-11,25H2,1-6H3. The summed E-state index contributed by atoms with van der Waals surface area (Å²) in [6.07, 6.45) is 2.83. The van der Waals surface area contributed by atoms with Crippen molar-refractivity contribution in [2.75, 3.05) is 0 Å². The summed E-state index contributed by atoms with van der Waals surface area (Å²) in [5.41, 5.74) is 7.06. The van der Waals surface area contributed by atoms with Crippen molar-refractivity contribution in [3.8, 4) is 11.4 Å². The molecule has 0 amide bonds. The van der Waals surface area contributed by atoms with Crippen molar-refractivity contribution in [2.24, 2.45) is 10.7 Å². The Morgan fingerprint density at radius 1 is 1.15 bits per heavy atom. The maximum Gasteiger partial charge on any atom is 0.210 e. The summed E-state index contributed by atoms with van der Waals surface area (Å²) in [6.45, 7) is 12.4. The Labute approximate surface area is 198 Å². The van der Waals surface area contributed by atoms with Crippen LogP contribution in [0.15, 0.2) is 34.8 Å². The number of nitrogens with one attached hydrogen (secondary N) is 3. The summed E-state index contributed by atoms with van der Waals surface area (Å²) in [6, 6.07) is 5.49. The molecular weight excluding hydrogens is 437 g/mol. The molecule has 10 nitrogen and oxygen atoms in total. The maximum absolute atomic E-state index is 14.8. The van der Waals surface area contributed by atoms with E-state index in [0.29, 0.717) is 22.8 Å². The van der Waals surface area contributed by atoms with Gasteiger partial charge in [0.1, 0.15) is 17.3 Å². The van der Waals surface area contributed by atoms with Crippen LogP contribution in [0.25, 0.3) is 5.69 Å². The number of nitrogens with two attached hydrogens (primary N) is 1. The van der Waals surface area contributed by atoms with Crippen molar-refractivity contribution in [3.05, 3.63) is 41.2 Å². The van der Waals surface area contributed by atoms with E-state index >= 15 is 0 Å². The normalized spacial score (nSPS) is 26.8. The number of halogens is 1. The molecule has 1 atom stereocenters. The zero-order valence-electron chi connectivity index (χ0n) is 20.4. The predicted octanol–water partition coefficient (Wildman–Crippen LogP) is 2.07. The molecule has 0 spiro atoms. The molecule has 2 aromatic rings. The molecule has 1 aromatic heterocycles. The highest BCUT2D eigenvalue weighted by Crippen LogP contribution is 2.39. The molecule has 0 aliphatic carbocycles. The van der Waals surface area contributed by atoms with E-state index in [1.807, 2.05) is 32.0 Å². The van der Waals surface area contributed by atoms with E-state index in [0.717, 1.165) is 19.1 Å². The van der Waals surface area contributed by atoms with Crippen LogP contribution in [0, 0.1) is 0 Å². The van der Waals surface area contributed by atoms with Gasteiger partial charge in [0, 0.05) is 22.7 Å². The van der Waals surface area contributed by atoms with Crippen LogP contribution < -0.4 is 26.4 Å². The molecule has 3 aliphatic rings. The first-order valence-electron chi connectivity index (χ1n) is 11.5. The van der Waals surface area contributed by atoms with Crippen LogP contribution in [0.3, 0.4) is 0 Å². The van der Waals surface area contributed by atoms with Gasteiger partial charge in [-0.05, 0) is 83.0 Å². The van der Waals surface area contributed by atoms with Gasteiger partial charge in [0.05, 0.1) is 6.21 Å². The number of nitrogens with zero attached hydrogens (tertiary/aromatic N) is 5. The molecule has 34 heavy (non-hydrogen) atoms. The molecule has 1 saturated heterocycles. The van der Waals surface area contributed by atoms with Crippen molar-refractivity contribution < 1.29 is 9.13 Å². The number of tetrazole rings is 1. The highest BCUT2D eigenvalue weighted by molar-refractivity contribution is 5.78. The lowest BCUT2D eigenvalue weighted by molar-refractivity contribution is 0.0852. The minimum Gasteiger partial charge on any atom is -0.478 e. The third kappa shape index (κ3) is 3.92. The van der Waals surface area contributed by atoms with Crippen LogP contribution in [-0.4, -0.2) is 43.5 Å². The van der Waals surface area contributed by atoms with E-state index < -0.39 is 17.2 Å². The fourth-order valence-corrected chi connectivity index (χ4v) is 5.44. The van der Waals surface area contributed by atoms with Gasteiger partial charge in [0.25, 0.3) is 0 Å². The quantitative estimate of drug-likeness (QED) is 0.538. The number of rotatable bonds is 3. The first-order chi connectivity index (χ1) is 15.8. The van der Waals surface area contributed by atoms with E-state index in [4.69, 9.17) is 10.5 Å². The fourth-order valence-electron chi connectivity index (χ4n) is 5.44. The highest BCUT2D eigenvalue weighted by Gasteiger charge is 2.41. The van der Waals surface area contributed by atoms with Crippen LogP contribution in [0.1, 0.15) is 65.8 Å². The second-order valence-electron chi connectivity index (χ2n) is 11.2. The summed E-state index contributed by atoms with van der Waals surface area (Å²) in [5.74, 6) is -0.439. The Kier molecular flexibility index (Phi) is 4.83. The average Bonchev–Trinajstić information content (AvgIpc) is 3.19. The number of aliphatic imine (C=N–C) groups is 1. The van der Waals surface area contributed by atoms with Gasteiger partial charge in [-0.3, -0.25) is 5.73 Å². The molecule has 5 rings (SSSR count). The van der Waals surface area contributed by atoms with Crippen molar-refractivity contribution in [2.45, 2.75) is 82.9 Å². The lowest BCUT2D eigenvalue weighted by Gasteiger charge is -2.47. The first-order valence-corrected chi connectivity index (χ1v) is 11.5. The third-order valence-corrected chi connectivity index (χ3v) is 6.47. The summed E-state index contributed by atoms with van der Waals surface area (Å²) in [4.78, 5) is 4.29. The SMILES string of the molecule is CC1(C)CC(NC2=C(F)C=NC(N)(c3ccc4c(c3)-n3nnnc3C(C)(C)O4)N2)CC(C)(C)N1. The Bertz CT molecular complexity index is 1180. The number of aromatic nitrogens is 4. The molecule has 5 N–H and O–H groups in total. The lowest BCUT2D eigenvalue weighted by Crippen LogP contribution is -2.63. The molecule has 1 aromatic carbocycles. The third-order valence-electron chi connectivity index (χ3n) is 6.47. The average molecular weight is 470 g/mol. The number of allylic oxidation sites excluding steroid dienone is 1. The molecule has 1 fully saturated rings. The largest absolute Gasteiger partial charge is 0.478 e. The van der Waals surface area contributed by atoms with Gasteiger partial charge in [0.2, 0.25) is 5.79 Å². The van der Waals surface area contributed by atoms with Crippen LogP contribution in [0.4, 0.5) is 4.39 Å². The minimum atomic E-state index is -1.38. The number of fused-ring (bicyclic) bond motifs is 3. The van der Waals surface area contributed by atoms with Crippen molar-refractivity contribution in [1.29, 1.82) is 0 Å². The van der Waals surface area contributed by atoms with Crippen LogP contribution >= 0.6 is 0 Å². The van der Waals surface area contributed by atoms with Gasteiger partial charge in [0.15, 0.2) is 17.3 Å². The zero-order chi connectivity index (χ0) is 24.5. The maximum atomic E-state index is 14.8. The smallest absolute Gasteiger partial charge is 0.210 e. The predicted molar refractivity (Wildman–Crippen MR) is 126 cm³/mol. The topological polar surface area (TPSA) is 127 Å². The molecule has 0 saturated carbocycles. The minimum absolute atomic E-state index is 0.0539. The molecule has 1 unspecified atom stereocenters. The van der Waals surface area contributed by atoms with Gasteiger partial charge in [-0.25, -0.2) is 9.38 Å². The van der Waals surface area contributed by atoms with Gasteiger partial charge < -0.3 is 20.7 Å². The van der Waals surface area contributed by atoms with Crippen molar-refractivity contribution in [3.63, 3.8) is 0 Å². The molecule has 11 heteroatoms. The number of hydrogen-bond donors (Lipinski definition) is 4. The van der Waals surface area contributed by atoms with Gasteiger partial charge in [-0.15, -0.1) is 5.10 Å². The van der Waals surface area contributed by atoms with Crippen molar-refractivity contribution >= 4 is 6.21 Å². The lowest BCUT2D eigenvalue weighted by atomic mass is 9.79. The number of hydrogen-bond acceptors (Lipinski definition) is 9. The summed E-state index contributed by atoms with van der Waals surface area (Å²) >= 11 is 0. The molecule has 4 heterocycles. The van der Waals surface area contributed by atoms with Crippen LogP contribution in [-0.2, 0) is 11.4 Å². The van der Waals surface area contributed by atoms with Gasteiger partial charge >= 0.3 is 0 Å². The summed E-state index contributed by atoms with van der Waals surface area (Å²) in [5, 5.41) is 22.1. The van der Waals surface area contributed by atoms with E-state index in [-0.39, 0.29) is 22.9 Å². The first kappa shape index (κ1) is 22.7. The number of ether oxygens (including phenoxy) is 1. The van der Waals surface area contributed by atoms with Gasteiger partial charge in [-0.2, -0.15) is 4.68 Å². The van der Waals surface area contributed by atoms with Crippen molar-refractivity contribution in [1.82, 2.24) is 36.2 Å². The zero-order valence-corrected chi connectivity index (χ0v) is 20.4. The van der Waals surface area contributed by atoms with Crippen LogP contribution in [0.5, 0.6) is 5.75 Å².